The van der Waals surface area contributed by atoms with Gasteiger partial charge in [-0.15, -0.1) is 0 Å². The molecule has 0 saturated carbocycles. The van der Waals surface area contributed by atoms with E-state index >= 15 is 0 Å². The second kappa shape index (κ2) is 6.99. The maximum absolute atomic E-state index is 5.62. The largest absolute Gasteiger partial charge is 0.370 e. The minimum atomic E-state index is 0.365. The van der Waals surface area contributed by atoms with Crippen LogP contribution >= 0.6 is 11.9 Å². The van der Waals surface area contributed by atoms with Gasteiger partial charge in [0.05, 0.1) is 0 Å². The Morgan fingerprint density at radius 3 is 2.86 bits per heavy atom. The van der Waals surface area contributed by atoms with Crippen LogP contribution in [0.3, 0.4) is 0 Å². The minimum absolute atomic E-state index is 0.365. The van der Waals surface area contributed by atoms with Gasteiger partial charge < -0.3 is 10.2 Å². The third-order valence-corrected chi connectivity index (χ3v) is 5.25. The predicted octanol–water partition coefficient (Wildman–Crippen LogP) is 3.28. The van der Waals surface area contributed by atoms with Gasteiger partial charge in [0.15, 0.2) is 0 Å². The Balaban J connectivity index is 1.73. The molecule has 3 N–H and O–H groups in total. The Morgan fingerprint density at radius 2 is 2.24 bits per heavy atom. The normalized spacial score (nSPS) is 21.7. The number of rotatable bonds is 6. The van der Waals surface area contributed by atoms with Crippen molar-refractivity contribution in [3.05, 3.63) is 17.7 Å². The molecule has 1 fully saturated rings. The molecule has 1 aliphatic heterocycles. The van der Waals surface area contributed by atoms with E-state index in [1.54, 1.807) is 0 Å². The first-order valence-electron chi connectivity index (χ1n) is 7.72. The SMILES string of the molecule is Cc1ccc(NCCCC2CN(C)C(C)(C)C2)nc1SN. The molecular formula is C16H28N4S. The molecule has 1 aromatic rings. The molecule has 1 aliphatic rings. The summed E-state index contributed by atoms with van der Waals surface area (Å²) in [6.45, 7) is 8.92. The average Bonchev–Trinajstić information content (AvgIpc) is 2.70. The van der Waals surface area contributed by atoms with E-state index < -0.39 is 0 Å². The van der Waals surface area contributed by atoms with E-state index in [9.17, 15) is 0 Å². The van der Waals surface area contributed by atoms with Crippen LogP contribution in [0.5, 0.6) is 0 Å². The first-order chi connectivity index (χ1) is 9.92. The summed E-state index contributed by atoms with van der Waals surface area (Å²) in [6, 6.07) is 4.10. The molecule has 0 aromatic carbocycles. The lowest BCUT2D eigenvalue weighted by Crippen LogP contribution is -2.34. The van der Waals surface area contributed by atoms with Crippen molar-refractivity contribution in [2.24, 2.45) is 11.1 Å². The number of aromatic nitrogens is 1. The van der Waals surface area contributed by atoms with Crippen molar-refractivity contribution in [1.82, 2.24) is 9.88 Å². The highest BCUT2D eigenvalue weighted by molar-refractivity contribution is 7.97. The van der Waals surface area contributed by atoms with Gasteiger partial charge in [-0.1, -0.05) is 6.07 Å². The number of aryl methyl sites for hydroxylation is 1. The molecule has 0 amide bonds. The van der Waals surface area contributed by atoms with Crippen molar-refractivity contribution in [1.29, 1.82) is 0 Å². The highest BCUT2D eigenvalue weighted by atomic mass is 32.2. The van der Waals surface area contributed by atoms with Gasteiger partial charge in [0, 0.05) is 18.6 Å². The molecule has 1 saturated heterocycles. The van der Waals surface area contributed by atoms with E-state index in [2.05, 4.69) is 42.2 Å². The third-order valence-electron chi connectivity index (χ3n) is 4.61. The number of likely N-dealkylation sites (tertiary alicyclic amines) is 1. The maximum atomic E-state index is 5.62. The molecule has 1 aromatic heterocycles. The number of hydrogen-bond acceptors (Lipinski definition) is 5. The predicted molar refractivity (Wildman–Crippen MR) is 91.6 cm³/mol. The lowest BCUT2D eigenvalue weighted by molar-refractivity contribution is 0.218. The summed E-state index contributed by atoms with van der Waals surface area (Å²) in [5.74, 6) is 1.75. The van der Waals surface area contributed by atoms with Crippen LogP contribution < -0.4 is 10.5 Å². The summed E-state index contributed by atoms with van der Waals surface area (Å²) in [5, 5.41) is 9.93. The summed E-state index contributed by atoms with van der Waals surface area (Å²) in [4.78, 5) is 7.00. The van der Waals surface area contributed by atoms with E-state index in [4.69, 9.17) is 5.14 Å². The van der Waals surface area contributed by atoms with Gasteiger partial charge in [0.25, 0.3) is 0 Å². The van der Waals surface area contributed by atoms with Crippen molar-refractivity contribution in [3.8, 4) is 0 Å². The van der Waals surface area contributed by atoms with Gasteiger partial charge in [-0.05, 0) is 76.6 Å². The molecule has 2 heterocycles. The van der Waals surface area contributed by atoms with E-state index in [0.29, 0.717) is 5.54 Å². The Bertz CT molecular complexity index is 475. The van der Waals surface area contributed by atoms with Crippen LogP contribution in [-0.2, 0) is 0 Å². The van der Waals surface area contributed by atoms with Crippen LogP contribution in [0.15, 0.2) is 17.2 Å². The first-order valence-corrected chi connectivity index (χ1v) is 8.60. The van der Waals surface area contributed by atoms with Crippen LogP contribution in [0.2, 0.25) is 0 Å². The van der Waals surface area contributed by atoms with Gasteiger partial charge in [0.1, 0.15) is 10.8 Å². The van der Waals surface area contributed by atoms with Crippen molar-refractivity contribution in [3.63, 3.8) is 0 Å². The van der Waals surface area contributed by atoms with E-state index in [-0.39, 0.29) is 0 Å². The Kier molecular flexibility index (Phi) is 5.52. The van der Waals surface area contributed by atoms with Crippen molar-refractivity contribution < 1.29 is 0 Å². The van der Waals surface area contributed by atoms with Crippen LogP contribution in [0.4, 0.5) is 5.82 Å². The van der Waals surface area contributed by atoms with Crippen LogP contribution in [-0.4, -0.2) is 35.6 Å². The number of hydrogen-bond donors (Lipinski definition) is 2. The number of nitrogens with two attached hydrogens (primary N) is 1. The fraction of sp³-hybridized carbons (Fsp3) is 0.688. The van der Waals surface area contributed by atoms with Gasteiger partial charge >= 0.3 is 0 Å². The topological polar surface area (TPSA) is 54.2 Å². The smallest absolute Gasteiger partial charge is 0.127 e. The van der Waals surface area contributed by atoms with Crippen molar-refractivity contribution in [2.45, 2.75) is 50.6 Å². The lowest BCUT2D eigenvalue weighted by atomic mass is 9.93. The molecule has 5 heteroatoms. The molecule has 0 spiro atoms. The van der Waals surface area contributed by atoms with Gasteiger partial charge in [-0.3, -0.25) is 5.14 Å². The lowest BCUT2D eigenvalue weighted by Gasteiger charge is -2.26. The molecule has 0 aliphatic carbocycles. The molecule has 21 heavy (non-hydrogen) atoms. The van der Waals surface area contributed by atoms with Crippen LogP contribution in [0.1, 0.15) is 38.7 Å². The minimum Gasteiger partial charge on any atom is -0.370 e. The number of nitrogens with zero attached hydrogens (tertiary/aromatic N) is 2. The Labute approximate surface area is 133 Å². The molecule has 1 atom stereocenters. The van der Waals surface area contributed by atoms with E-state index in [1.807, 2.05) is 13.0 Å². The zero-order valence-electron chi connectivity index (χ0n) is 13.6. The Hall–Kier alpha value is -0.780. The van der Waals surface area contributed by atoms with Gasteiger partial charge in [-0.25, -0.2) is 4.98 Å². The second-order valence-corrected chi connectivity index (χ2v) is 7.39. The monoisotopic (exact) mass is 308 g/mol. The Morgan fingerprint density at radius 1 is 1.48 bits per heavy atom. The van der Waals surface area contributed by atoms with Gasteiger partial charge in [0.2, 0.25) is 0 Å². The molecule has 0 bridgehead atoms. The summed E-state index contributed by atoms with van der Waals surface area (Å²) in [5.41, 5.74) is 1.49. The van der Waals surface area contributed by atoms with E-state index in [0.717, 1.165) is 28.9 Å². The van der Waals surface area contributed by atoms with E-state index in [1.165, 1.54) is 37.8 Å². The zero-order chi connectivity index (χ0) is 15.5. The number of anilines is 1. The van der Waals surface area contributed by atoms with Crippen LogP contribution in [0.25, 0.3) is 0 Å². The standard InChI is InChI=1S/C16H28N4S/c1-12-7-8-14(19-15(12)21-17)18-9-5-6-13-10-16(2,3)20(4)11-13/h7-8,13H,5-6,9-11,17H2,1-4H3,(H,18,19). The van der Waals surface area contributed by atoms with Crippen molar-refractivity contribution in [2.75, 3.05) is 25.5 Å². The third kappa shape index (κ3) is 4.34. The summed E-state index contributed by atoms with van der Waals surface area (Å²) < 4.78 is 0. The summed E-state index contributed by atoms with van der Waals surface area (Å²) in [7, 11) is 2.24. The molecule has 118 valence electrons. The fourth-order valence-electron chi connectivity index (χ4n) is 3.09. The van der Waals surface area contributed by atoms with Crippen molar-refractivity contribution >= 4 is 17.8 Å². The van der Waals surface area contributed by atoms with Crippen LogP contribution in [0, 0.1) is 12.8 Å². The second-order valence-electron chi connectivity index (χ2n) is 6.77. The quantitative estimate of drug-likeness (QED) is 0.624. The highest BCUT2D eigenvalue weighted by Crippen LogP contribution is 2.33. The number of pyridine rings is 1. The highest BCUT2D eigenvalue weighted by Gasteiger charge is 2.34. The molecular weight excluding hydrogens is 280 g/mol. The molecule has 4 nitrogen and oxygen atoms in total. The van der Waals surface area contributed by atoms with Gasteiger partial charge in [-0.2, -0.15) is 0 Å². The summed E-state index contributed by atoms with van der Waals surface area (Å²) >= 11 is 1.21. The molecule has 1 unspecified atom stereocenters. The first kappa shape index (κ1) is 16.6. The number of nitrogens with one attached hydrogen (secondary N) is 1. The zero-order valence-corrected chi connectivity index (χ0v) is 14.5. The maximum Gasteiger partial charge on any atom is 0.127 e. The average molecular weight is 308 g/mol. The summed E-state index contributed by atoms with van der Waals surface area (Å²) in [6.07, 6.45) is 3.78. The molecule has 2 rings (SSSR count). The molecule has 0 radical (unpaired) electrons. The fourth-order valence-corrected chi connectivity index (χ4v) is 3.49.